The van der Waals surface area contributed by atoms with Crippen LogP contribution in [0.25, 0.3) is 0 Å². The topological polar surface area (TPSA) is 60.9 Å². The number of rotatable bonds is 3. The second kappa shape index (κ2) is 7.70. The third-order valence-electron chi connectivity index (χ3n) is 5.91. The second-order valence-corrected chi connectivity index (χ2v) is 9.18. The van der Waals surface area contributed by atoms with Crippen LogP contribution >= 0.6 is 11.6 Å². The Bertz CT molecular complexity index is 710. The van der Waals surface area contributed by atoms with E-state index in [0.29, 0.717) is 23.6 Å². The molecule has 148 valence electrons. The highest BCUT2D eigenvalue weighted by Crippen LogP contribution is 2.39. The van der Waals surface area contributed by atoms with Gasteiger partial charge in [-0.3, -0.25) is 4.79 Å². The van der Waals surface area contributed by atoms with Crippen LogP contribution in [0.2, 0.25) is 5.02 Å². The summed E-state index contributed by atoms with van der Waals surface area (Å²) in [4.78, 5) is 28.9. The van der Waals surface area contributed by atoms with E-state index < -0.39 is 6.09 Å². The fourth-order valence-electron chi connectivity index (χ4n) is 4.87. The van der Waals surface area contributed by atoms with Crippen molar-refractivity contribution in [2.24, 2.45) is 5.41 Å². The Morgan fingerprint density at radius 3 is 2.33 bits per heavy atom. The maximum Gasteiger partial charge on any atom is 0.407 e. The van der Waals surface area contributed by atoms with Crippen LogP contribution in [-0.2, 0) is 0 Å². The largest absolute Gasteiger partial charge is 0.465 e. The lowest BCUT2D eigenvalue weighted by molar-refractivity contribution is 0.0341. The van der Waals surface area contributed by atoms with E-state index in [0.717, 1.165) is 25.7 Å². The first-order valence-electron chi connectivity index (χ1n) is 9.78. The molecule has 1 heterocycles. The molecule has 0 bridgehead atoms. The Labute approximate surface area is 166 Å². The molecule has 0 aromatic heterocycles. The molecule has 1 saturated heterocycles. The molecule has 1 unspecified atom stereocenters. The highest BCUT2D eigenvalue weighted by atomic mass is 35.5. The number of carboxylic acid groups (broad SMARTS) is 1. The minimum Gasteiger partial charge on any atom is -0.465 e. The molecule has 0 radical (unpaired) electrons. The van der Waals surface area contributed by atoms with Gasteiger partial charge in [0.2, 0.25) is 0 Å². The van der Waals surface area contributed by atoms with Crippen LogP contribution in [0.1, 0.15) is 63.2 Å². The van der Waals surface area contributed by atoms with E-state index in [1.165, 1.54) is 4.90 Å². The summed E-state index contributed by atoms with van der Waals surface area (Å²) in [6, 6.07) is 6.93. The van der Waals surface area contributed by atoms with Gasteiger partial charge in [0, 0.05) is 12.6 Å². The van der Waals surface area contributed by atoms with Crippen LogP contribution in [0.5, 0.6) is 0 Å². The van der Waals surface area contributed by atoms with Crippen molar-refractivity contribution in [1.82, 2.24) is 9.80 Å². The standard InChI is InChI=1S/C21H29ClN2O3/c1-21(2,3)18-17(12-13-23(18)20(26)27)24(14-8-4-5-9-14)19(25)15-10-6-7-11-16(15)22/h6-7,10-11,14,17-18H,4-5,8-9,12-13H2,1-3H3,(H,26,27)/t17-,18?/m0/s1. The minimum atomic E-state index is -0.908. The zero-order valence-corrected chi connectivity index (χ0v) is 17.1. The highest BCUT2D eigenvalue weighted by molar-refractivity contribution is 6.33. The summed E-state index contributed by atoms with van der Waals surface area (Å²) < 4.78 is 0. The van der Waals surface area contributed by atoms with Crippen molar-refractivity contribution in [3.05, 3.63) is 34.9 Å². The van der Waals surface area contributed by atoms with Crippen molar-refractivity contribution in [1.29, 1.82) is 0 Å². The maximum atomic E-state index is 13.6. The highest BCUT2D eigenvalue weighted by Gasteiger charge is 2.49. The van der Waals surface area contributed by atoms with Crippen LogP contribution in [0.3, 0.4) is 0 Å². The third kappa shape index (κ3) is 3.93. The summed E-state index contributed by atoms with van der Waals surface area (Å²) in [5.41, 5.74) is 0.240. The van der Waals surface area contributed by atoms with Gasteiger partial charge in [-0.15, -0.1) is 0 Å². The summed E-state index contributed by atoms with van der Waals surface area (Å²) in [5, 5.41) is 10.2. The lowest BCUT2D eigenvalue weighted by Crippen LogP contribution is -2.56. The summed E-state index contributed by atoms with van der Waals surface area (Å²) >= 11 is 6.33. The molecule has 2 fully saturated rings. The van der Waals surface area contributed by atoms with Gasteiger partial charge in [-0.2, -0.15) is 0 Å². The number of likely N-dealkylation sites (tertiary alicyclic amines) is 1. The normalized spacial score (nSPS) is 23.6. The summed E-state index contributed by atoms with van der Waals surface area (Å²) in [7, 11) is 0. The van der Waals surface area contributed by atoms with E-state index in [1.807, 2.05) is 17.0 Å². The number of nitrogens with zero attached hydrogens (tertiary/aromatic N) is 2. The molecule has 0 spiro atoms. The van der Waals surface area contributed by atoms with Gasteiger partial charge < -0.3 is 14.9 Å². The number of benzene rings is 1. The van der Waals surface area contributed by atoms with Crippen LogP contribution in [0.4, 0.5) is 4.79 Å². The average molecular weight is 393 g/mol. The molecule has 6 heteroatoms. The van der Waals surface area contributed by atoms with Gasteiger partial charge in [-0.25, -0.2) is 4.79 Å². The van der Waals surface area contributed by atoms with E-state index >= 15 is 0 Å². The van der Waals surface area contributed by atoms with Crippen LogP contribution < -0.4 is 0 Å². The van der Waals surface area contributed by atoms with Gasteiger partial charge in [-0.05, 0) is 36.8 Å². The SMILES string of the molecule is CC(C)(C)C1[C@@H](N(C(=O)c2ccccc2Cl)C2CCCC2)CCN1C(=O)O. The summed E-state index contributed by atoms with van der Waals surface area (Å²) in [6.07, 6.45) is 3.90. The molecule has 1 saturated carbocycles. The fraction of sp³-hybridized carbons (Fsp3) is 0.619. The molecule has 2 aliphatic rings. The monoisotopic (exact) mass is 392 g/mol. The van der Waals surface area contributed by atoms with Crippen molar-refractivity contribution in [2.75, 3.05) is 6.54 Å². The van der Waals surface area contributed by atoms with Gasteiger partial charge in [0.05, 0.1) is 22.7 Å². The quantitative estimate of drug-likeness (QED) is 0.796. The predicted octanol–water partition coefficient (Wildman–Crippen LogP) is 4.89. The molecule has 3 rings (SSSR count). The third-order valence-corrected chi connectivity index (χ3v) is 6.24. The van der Waals surface area contributed by atoms with Crippen LogP contribution in [-0.4, -0.2) is 51.6 Å². The smallest absolute Gasteiger partial charge is 0.407 e. The summed E-state index contributed by atoms with van der Waals surface area (Å²) in [5.74, 6) is -0.0704. The first-order valence-corrected chi connectivity index (χ1v) is 10.2. The number of hydrogen-bond donors (Lipinski definition) is 1. The van der Waals surface area contributed by atoms with Gasteiger partial charge in [-0.1, -0.05) is 57.3 Å². The minimum absolute atomic E-state index is 0.0704. The summed E-state index contributed by atoms with van der Waals surface area (Å²) in [6.45, 7) is 6.62. The van der Waals surface area contributed by atoms with Crippen molar-refractivity contribution in [3.8, 4) is 0 Å². The molecule has 2 atom stereocenters. The Hall–Kier alpha value is -1.75. The van der Waals surface area contributed by atoms with Crippen molar-refractivity contribution in [3.63, 3.8) is 0 Å². The molecular weight excluding hydrogens is 364 g/mol. The first-order chi connectivity index (χ1) is 12.7. The Balaban J connectivity index is 2.01. The second-order valence-electron chi connectivity index (χ2n) is 8.77. The molecule has 1 aromatic rings. The maximum absolute atomic E-state index is 13.6. The number of carbonyl (C=O) groups excluding carboxylic acids is 1. The molecule has 1 aliphatic heterocycles. The predicted molar refractivity (Wildman–Crippen MR) is 106 cm³/mol. The van der Waals surface area contributed by atoms with Crippen molar-refractivity contribution >= 4 is 23.6 Å². The fourth-order valence-corrected chi connectivity index (χ4v) is 5.09. The molecule has 1 aromatic carbocycles. The van der Waals surface area contributed by atoms with E-state index in [-0.39, 0.29) is 29.4 Å². The number of hydrogen-bond acceptors (Lipinski definition) is 2. The van der Waals surface area contributed by atoms with Gasteiger partial charge >= 0.3 is 6.09 Å². The van der Waals surface area contributed by atoms with Crippen LogP contribution in [0, 0.1) is 5.41 Å². The van der Waals surface area contributed by atoms with E-state index in [9.17, 15) is 14.7 Å². The zero-order valence-electron chi connectivity index (χ0n) is 16.3. The van der Waals surface area contributed by atoms with E-state index in [4.69, 9.17) is 11.6 Å². The van der Waals surface area contributed by atoms with Crippen molar-refractivity contribution < 1.29 is 14.7 Å². The molecule has 27 heavy (non-hydrogen) atoms. The number of carbonyl (C=O) groups is 2. The van der Waals surface area contributed by atoms with E-state index in [2.05, 4.69) is 20.8 Å². The average Bonchev–Trinajstić information content (AvgIpc) is 3.25. The Kier molecular flexibility index (Phi) is 5.71. The lowest BCUT2D eigenvalue weighted by Gasteiger charge is -2.44. The molecule has 5 nitrogen and oxygen atoms in total. The van der Waals surface area contributed by atoms with Crippen LogP contribution in [0.15, 0.2) is 24.3 Å². The van der Waals surface area contributed by atoms with Crippen molar-refractivity contribution in [2.45, 2.75) is 71.0 Å². The molecule has 1 aliphatic carbocycles. The van der Waals surface area contributed by atoms with E-state index in [1.54, 1.807) is 12.1 Å². The lowest BCUT2D eigenvalue weighted by atomic mass is 9.81. The number of amides is 2. The zero-order chi connectivity index (χ0) is 19.8. The van der Waals surface area contributed by atoms with Gasteiger partial charge in [0.1, 0.15) is 0 Å². The molecule has 2 amide bonds. The van der Waals surface area contributed by atoms with Gasteiger partial charge in [0.15, 0.2) is 0 Å². The number of halogens is 1. The molecular formula is C21H29ClN2O3. The first kappa shape index (κ1) is 20.0. The Morgan fingerprint density at radius 2 is 1.78 bits per heavy atom. The van der Waals surface area contributed by atoms with Gasteiger partial charge in [0.25, 0.3) is 5.91 Å². The molecule has 1 N–H and O–H groups in total. The Morgan fingerprint density at radius 1 is 1.15 bits per heavy atom.